The third-order valence-electron chi connectivity index (χ3n) is 3.11. The molecule has 0 radical (unpaired) electrons. The molecule has 1 aromatic rings. The molecule has 118 valence electrons. The number of hydrogen-bond acceptors (Lipinski definition) is 4. The number of halogens is 1. The van der Waals surface area contributed by atoms with Gasteiger partial charge < -0.3 is 16.0 Å². The number of nitrogens with one attached hydrogen (secondary N) is 3. The van der Waals surface area contributed by atoms with Crippen LogP contribution in [0.25, 0.3) is 0 Å². The summed E-state index contributed by atoms with van der Waals surface area (Å²) in [6.45, 7) is 2.64. The number of rotatable bonds is 7. The Balaban J connectivity index is 0.00000220. The fourth-order valence-corrected chi connectivity index (χ4v) is 1.83. The lowest BCUT2D eigenvalue weighted by Gasteiger charge is -2.09. The van der Waals surface area contributed by atoms with Crippen molar-refractivity contribution in [3.63, 3.8) is 0 Å². The summed E-state index contributed by atoms with van der Waals surface area (Å²) >= 11 is 0. The normalized spacial score (nSPS) is 15.0. The largest absolute Gasteiger partial charge is 0.352 e. The highest BCUT2D eigenvalue weighted by Gasteiger charge is 2.23. The van der Waals surface area contributed by atoms with E-state index in [-0.39, 0.29) is 36.7 Å². The summed E-state index contributed by atoms with van der Waals surface area (Å²) in [5, 5.41) is 12.7. The lowest BCUT2D eigenvalue weighted by Crippen LogP contribution is -2.29. The Morgan fingerprint density at radius 3 is 2.81 bits per heavy atom. The number of aromatic nitrogens is 2. The summed E-state index contributed by atoms with van der Waals surface area (Å²) in [7, 11) is 1.81. The molecule has 1 atom stereocenters. The van der Waals surface area contributed by atoms with Gasteiger partial charge in [-0.25, -0.2) is 0 Å². The Labute approximate surface area is 130 Å². The fraction of sp³-hybridized carbons (Fsp3) is 0.615. The minimum absolute atomic E-state index is 0. The van der Waals surface area contributed by atoms with Crippen molar-refractivity contribution >= 4 is 29.9 Å². The van der Waals surface area contributed by atoms with Crippen LogP contribution in [0.5, 0.6) is 0 Å². The molecule has 2 amide bonds. The molecule has 0 saturated heterocycles. The lowest BCUT2D eigenvalue weighted by molar-refractivity contribution is -0.122. The monoisotopic (exact) mass is 315 g/mol. The van der Waals surface area contributed by atoms with Gasteiger partial charge in [0.05, 0.1) is 11.9 Å². The molecule has 3 N–H and O–H groups in total. The van der Waals surface area contributed by atoms with Gasteiger partial charge in [0, 0.05) is 24.7 Å². The van der Waals surface area contributed by atoms with Gasteiger partial charge in [-0.3, -0.25) is 14.3 Å². The van der Waals surface area contributed by atoms with E-state index in [0.29, 0.717) is 18.3 Å². The Morgan fingerprint density at radius 2 is 2.19 bits per heavy atom. The average Bonchev–Trinajstić information content (AvgIpc) is 3.09. The van der Waals surface area contributed by atoms with Crippen LogP contribution in [0.1, 0.15) is 19.8 Å². The van der Waals surface area contributed by atoms with Crippen LogP contribution in [-0.4, -0.2) is 41.2 Å². The van der Waals surface area contributed by atoms with Crippen LogP contribution in [0.4, 0.5) is 5.69 Å². The second-order valence-corrected chi connectivity index (χ2v) is 5.22. The smallest absolute Gasteiger partial charge is 0.241 e. The topological polar surface area (TPSA) is 88.1 Å². The maximum absolute atomic E-state index is 11.8. The van der Waals surface area contributed by atoms with Gasteiger partial charge in [-0.2, -0.15) is 5.10 Å². The van der Waals surface area contributed by atoms with Crippen LogP contribution < -0.4 is 16.0 Å². The molecule has 0 bridgehead atoms. The number of nitrogens with zero attached hydrogens (tertiary/aromatic N) is 2. The van der Waals surface area contributed by atoms with Crippen molar-refractivity contribution < 1.29 is 9.59 Å². The first kappa shape index (κ1) is 17.5. The minimum atomic E-state index is -0.124. The highest BCUT2D eigenvalue weighted by atomic mass is 35.5. The fourth-order valence-electron chi connectivity index (χ4n) is 1.83. The van der Waals surface area contributed by atoms with Gasteiger partial charge in [0.2, 0.25) is 11.8 Å². The molecule has 8 heteroatoms. The molecule has 1 heterocycles. The number of carbonyl (C=O) groups is 2. The summed E-state index contributed by atoms with van der Waals surface area (Å²) in [6, 6.07) is 0.347. The van der Waals surface area contributed by atoms with Crippen molar-refractivity contribution in [1.29, 1.82) is 0 Å². The summed E-state index contributed by atoms with van der Waals surface area (Å²) < 4.78 is 1.52. The quantitative estimate of drug-likeness (QED) is 0.678. The van der Waals surface area contributed by atoms with Crippen molar-refractivity contribution in [2.45, 2.75) is 32.4 Å². The molecule has 1 fully saturated rings. The minimum Gasteiger partial charge on any atom is -0.352 e. The third kappa shape index (κ3) is 5.73. The number of anilines is 1. The lowest BCUT2D eigenvalue weighted by atomic mass is 10.1. The average molecular weight is 316 g/mol. The molecular formula is C13H22ClN5O2. The molecule has 7 nitrogen and oxygen atoms in total. The zero-order chi connectivity index (χ0) is 14.5. The summed E-state index contributed by atoms with van der Waals surface area (Å²) in [5.74, 6) is -0.236. The van der Waals surface area contributed by atoms with Crippen molar-refractivity contribution in [2.24, 2.45) is 5.92 Å². The van der Waals surface area contributed by atoms with Gasteiger partial charge in [-0.15, -0.1) is 12.4 Å². The zero-order valence-electron chi connectivity index (χ0n) is 12.3. The molecule has 0 spiro atoms. The predicted octanol–water partition coefficient (Wildman–Crippen LogP) is 0.377. The van der Waals surface area contributed by atoms with E-state index >= 15 is 0 Å². The maximum Gasteiger partial charge on any atom is 0.241 e. The molecule has 1 unspecified atom stereocenters. The zero-order valence-corrected chi connectivity index (χ0v) is 13.1. The Hall–Kier alpha value is -1.60. The molecule has 1 aliphatic carbocycles. The maximum atomic E-state index is 11.8. The molecule has 1 saturated carbocycles. The van der Waals surface area contributed by atoms with E-state index in [4.69, 9.17) is 0 Å². The van der Waals surface area contributed by atoms with Crippen LogP contribution in [0.3, 0.4) is 0 Å². The summed E-state index contributed by atoms with van der Waals surface area (Å²) in [5.41, 5.74) is 0.608. The highest BCUT2D eigenvalue weighted by molar-refractivity contribution is 5.92. The van der Waals surface area contributed by atoms with Crippen LogP contribution in [0.15, 0.2) is 12.4 Å². The summed E-state index contributed by atoms with van der Waals surface area (Å²) in [6.07, 6.45) is 5.34. The van der Waals surface area contributed by atoms with Gasteiger partial charge in [0.25, 0.3) is 0 Å². The molecular weight excluding hydrogens is 294 g/mol. The van der Waals surface area contributed by atoms with Gasteiger partial charge in [0.1, 0.15) is 6.54 Å². The van der Waals surface area contributed by atoms with E-state index in [2.05, 4.69) is 21.0 Å². The van der Waals surface area contributed by atoms with E-state index < -0.39 is 0 Å². The molecule has 0 aliphatic heterocycles. The molecule has 0 aromatic carbocycles. The van der Waals surface area contributed by atoms with Crippen molar-refractivity contribution in [1.82, 2.24) is 20.4 Å². The van der Waals surface area contributed by atoms with Crippen LogP contribution >= 0.6 is 12.4 Å². The highest BCUT2D eigenvalue weighted by Crippen LogP contribution is 2.18. The van der Waals surface area contributed by atoms with E-state index in [1.807, 2.05) is 6.92 Å². The van der Waals surface area contributed by atoms with Crippen molar-refractivity contribution in [3.05, 3.63) is 12.4 Å². The molecule has 1 aliphatic rings. The number of hydrogen-bond donors (Lipinski definition) is 3. The van der Waals surface area contributed by atoms with Gasteiger partial charge in [-0.1, -0.05) is 6.92 Å². The first-order chi connectivity index (χ1) is 9.58. The van der Waals surface area contributed by atoms with Crippen LogP contribution in [0, 0.1) is 5.92 Å². The Bertz CT molecular complexity index is 487. The first-order valence-electron chi connectivity index (χ1n) is 6.85. The van der Waals surface area contributed by atoms with E-state index in [9.17, 15) is 9.59 Å². The first-order valence-corrected chi connectivity index (χ1v) is 6.85. The standard InChI is InChI=1S/C13H21N5O2.ClH/c1-9(5-14-2)13(20)17-11-6-15-18(7-11)8-12(19)16-10-3-4-10;/h6-7,9-10,14H,3-5,8H2,1-2H3,(H,16,19)(H,17,20);1H. The Morgan fingerprint density at radius 1 is 1.48 bits per heavy atom. The van der Waals surface area contributed by atoms with Gasteiger partial charge in [-0.05, 0) is 19.9 Å². The SMILES string of the molecule is CNCC(C)C(=O)Nc1cnn(CC(=O)NC2CC2)c1.Cl. The molecule has 2 rings (SSSR count). The summed E-state index contributed by atoms with van der Waals surface area (Å²) in [4.78, 5) is 23.4. The van der Waals surface area contributed by atoms with E-state index in [1.165, 1.54) is 4.68 Å². The second-order valence-electron chi connectivity index (χ2n) is 5.22. The van der Waals surface area contributed by atoms with E-state index in [0.717, 1.165) is 12.8 Å². The van der Waals surface area contributed by atoms with Crippen LogP contribution in [0.2, 0.25) is 0 Å². The molecule has 21 heavy (non-hydrogen) atoms. The van der Waals surface area contributed by atoms with Crippen molar-refractivity contribution in [2.75, 3.05) is 18.9 Å². The second kappa shape index (κ2) is 7.99. The molecule has 1 aromatic heterocycles. The predicted molar refractivity (Wildman–Crippen MR) is 82.4 cm³/mol. The van der Waals surface area contributed by atoms with Gasteiger partial charge in [0.15, 0.2) is 0 Å². The number of carbonyl (C=O) groups excluding carboxylic acids is 2. The van der Waals surface area contributed by atoms with E-state index in [1.54, 1.807) is 19.4 Å². The third-order valence-corrected chi connectivity index (χ3v) is 3.11. The van der Waals surface area contributed by atoms with Crippen LogP contribution in [-0.2, 0) is 16.1 Å². The van der Waals surface area contributed by atoms with Crippen molar-refractivity contribution in [3.8, 4) is 0 Å². The Kier molecular flexibility index (Phi) is 6.64. The number of amides is 2. The van der Waals surface area contributed by atoms with Gasteiger partial charge >= 0.3 is 0 Å².